The maximum absolute atomic E-state index is 12.2. The summed E-state index contributed by atoms with van der Waals surface area (Å²) >= 11 is 0. The van der Waals surface area contributed by atoms with Crippen molar-refractivity contribution in [3.63, 3.8) is 0 Å². The van der Waals surface area contributed by atoms with E-state index in [-0.39, 0.29) is 11.9 Å². The highest BCUT2D eigenvalue weighted by Gasteiger charge is 2.34. The maximum atomic E-state index is 12.2. The van der Waals surface area contributed by atoms with Crippen LogP contribution in [0.1, 0.15) is 19.8 Å². The molecular weight excluding hydrogens is 192 g/mol. The summed E-state index contributed by atoms with van der Waals surface area (Å²) in [6.45, 7) is 4.64. The molecule has 0 radical (unpaired) electrons. The van der Waals surface area contributed by atoms with Gasteiger partial charge in [-0.1, -0.05) is 6.92 Å². The monoisotopic (exact) mass is 212 g/mol. The van der Waals surface area contributed by atoms with Crippen molar-refractivity contribution in [2.24, 2.45) is 5.92 Å². The van der Waals surface area contributed by atoms with Crippen molar-refractivity contribution in [3.05, 3.63) is 0 Å². The highest BCUT2D eigenvalue weighted by Crippen LogP contribution is 2.20. The molecule has 2 saturated heterocycles. The zero-order valence-corrected chi connectivity index (χ0v) is 9.53. The predicted octanol–water partition coefficient (Wildman–Crippen LogP) is 0.232. The van der Waals surface area contributed by atoms with E-state index in [0.29, 0.717) is 12.0 Å². The van der Waals surface area contributed by atoms with Crippen LogP contribution < -0.4 is 5.32 Å². The molecule has 3 unspecified atom stereocenters. The van der Waals surface area contributed by atoms with Gasteiger partial charge >= 0.3 is 0 Å². The van der Waals surface area contributed by atoms with E-state index in [1.807, 2.05) is 11.9 Å². The normalized spacial score (nSPS) is 36.5. The van der Waals surface area contributed by atoms with Crippen LogP contribution in [-0.2, 0) is 9.53 Å². The summed E-state index contributed by atoms with van der Waals surface area (Å²) < 4.78 is 5.18. The number of likely N-dealkylation sites (tertiary alicyclic amines) is 1. The minimum atomic E-state index is -0.00810. The molecule has 0 aliphatic carbocycles. The Balaban J connectivity index is 2.00. The molecular formula is C11H20N2O2. The molecule has 86 valence electrons. The quantitative estimate of drug-likeness (QED) is 0.681. The molecule has 1 amide bonds. The minimum Gasteiger partial charge on any atom is -0.371 e. The van der Waals surface area contributed by atoms with Gasteiger partial charge in [0.2, 0.25) is 5.91 Å². The van der Waals surface area contributed by atoms with E-state index in [1.54, 1.807) is 0 Å². The Hall–Kier alpha value is -0.610. The summed E-state index contributed by atoms with van der Waals surface area (Å²) in [6.07, 6.45) is 2.54. The molecule has 0 aromatic heterocycles. The molecule has 2 heterocycles. The van der Waals surface area contributed by atoms with Gasteiger partial charge in [-0.25, -0.2) is 0 Å². The smallest absolute Gasteiger partial charge is 0.240 e. The van der Waals surface area contributed by atoms with E-state index >= 15 is 0 Å². The molecule has 0 spiro atoms. The first-order valence-electron chi connectivity index (χ1n) is 5.80. The molecule has 2 aliphatic rings. The molecule has 15 heavy (non-hydrogen) atoms. The van der Waals surface area contributed by atoms with Gasteiger partial charge in [-0.2, -0.15) is 0 Å². The van der Waals surface area contributed by atoms with Crippen LogP contribution in [0.5, 0.6) is 0 Å². The topological polar surface area (TPSA) is 44.9 Å². The number of likely N-dealkylation sites (N-methyl/N-ethyl adjacent to an activating group) is 1. The number of hydrogen-bond donors (Lipinski definition) is 1. The molecule has 4 heteroatoms. The fourth-order valence-electron chi connectivity index (χ4n) is 2.33. The summed E-state index contributed by atoms with van der Waals surface area (Å²) in [7, 11) is 1.87. The van der Waals surface area contributed by atoms with E-state index < -0.39 is 0 Å². The molecule has 0 aromatic carbocycles. The molecule has 0 saturated carbocycles. The molecule has 1 N–H and O–H groups in total. The van der Waals surface area contributed by atoms with E-state index in [0.717, 1.165) is 32.5 Å². The lowest BCUT2D eigenvalue weighted by atomic mass is 9.98. The van der Waals surface area contributed by atoms with Crippen LogP contribution in [-0.4, -0.2) is 49.7 Å². The largest absolute Gasteiger partial charge is 0.371 e. The fourth-order valence-corrected chi connectivity index (χ4v) is 2.33. The number of nitrogens with one attached hydrogen (secondary N) is 1. The second-order valence-electron chi connectivity index (χ2n) is 4.63. The average Bonchev–Trinajstić information content (AvgIpc) is 3.00. The lowest BCUT2D eigenvalue weighted by molar-refractivity contribution is -0.133. The molecule has 3 atom stereocenters. The van der Waals surface area contributed by atoms with E-state index in [2.05, 4.69) is 12.2 Å². The fraction of sp³-hybridized carbons (Fsp3) is 0.909. The summed E-state index contributed by atoms with van der Waals surface area (Å²) in [6, 6.07) is -0.00810. The van der Waals surface area contributed by atoms with Crippen LogP contribution in [0.15, 0.2) is 0 Å². The summed E-state index contributed by atoms with van der Waals surface area (Å²) in [5.41, 5.74) is 0. The highest BCUT2D eigenvalue weighted by atomic mass is 16.6. The second-order valence-corrected chi connectivity index (χ2v) is 4.63. The number of amides is 1. The molecule has 2 fully saturated rings. The van der Waals surface area contributed by atoms with Crippen molar-refractivity contribution in [1.82, 2.24) is 10.2 Å². The molecule has 0 aromatic rings. The first-order valence-corrected chi connectivity index (χ1v) is 5.80. The number of ether oxygens (including phenoxy) is 1. The second kappa shape index (κ2) is 4.49. The zero-order valence-electron chi connectivity index (χ0n) is 9.53. The highest BCUT2D eigenvalue weighted by molar-refractivity contribution is 5.82. The third kappa shape index (κ3) is 2.49. The Kier molecular flexibility index (Phi) is 3.26. The molecule has 2 rings (SSSR count). The lowest BCUT2D eigenvalue weighted by Gasteiger charge is -2.25. The number of carbonyl (C=O) groups excluding carboxylic acids is 1. The zero-order chi connectivity index (χ0) is 10.8. The number of carbonyl (C=O) groups is 1. The average molecular weight is 212 g/mol. The van der Waals surface area contributed by atoms with E-state index in [4.69, 9.17) is 4.74 Å². The third-order valence-corrected chi connectivity index (χ3v) is 3.37. The summed E-state index contributed by atoms with van der Waals surface area (Å²) in [5.74, 6) is 0.686. The Morgan fingerprint density at radius 2 is 2.33 bits per heavy atom. The SMILES string of the molecule is CNC1C(=O)N(CC2CO2)CCCC1C. The van der Waals surface area contributed by atoms with Crippen LogP contribution in [0.25, 0.3) is 0 Å². The standard InChI is InChI=1S/C11H20N2O2/c1-8-4-3-5-13(6-9-7-15-9)11(14)10(8)12-2/h8-10,12H,3-7H2,1-2H3. The van der Waals surface area contributed by atoms with Crippen molar-refractivity contribution >= 4 is 5.91 Å². The predicted molar refractivity (Wildman–Crippen MR) is 57.6 cm³/mol. The van der Waals surface area contributed by atoms with Gasteiger partial charge in [0.05, 0.1) is 18.8 Å². The maximum Gasteiger partial charge on any atom is 0.240 e. The van der Waals surface area contributed by atoms with Gasteiger partial charge in [-0.15, -0.1) is 0 Å². The van der Waals surface area contributed by atoms with Crippen molar-refractivity contribution in [1.29, 1.82) is 0 Å². The van der Waals surface area contributed by atoms with Gasteiger partial charge in [-0.05, 0) is 25.8 Å². The van der Waals surface area contributed by atoms with Gasteiger partial charge in [0.25, 0.3) is 0 Å². The van der Waals surface area contributed by atoms with Gasteiger partial charge in [0, 0.05) is 13.1 Å². The van der Waals surface area contributed by atoms with Crippen LogP contribution in [0, 0.1) is 5.92 Å². The molecule has 4 nitrogen and oxygen atoms in total. The molecule has 0 bridgehead atoms. The van der Waals surface area contributed by atoms with E-state index in [9.17, 15) is 4.79 Å². The van der Waals surface area contributed by atoms with Crippen molar-refractivity contribution in [3.8, 4) is 0 Å². The summed E-state index contributed by atoms with van der Waals surface area (Å²) in [4.78, 5) is 14.1. The summed E-state index contributed by atoms with van der Waals surface area (Å²) in [5, 5.41) is 3.14. The van der Waals surface area contributed by atoms with Crippen LogP contribution in [0.4, 0.5) is 0 Å². The van der Waals surface area contributed by atoms with Gasteiger partial charge in [0.15, 0.2) is 0 Å². The van der Waals surface area contributed by atoms with Crippen molar-refractivity contribution in [2.45, 2.75) is 31.9 Å². The number of nitrogens with zero attached hydrogens (tertiary/aromatic N) is 1. The lowest BCUT2D eigenvalue weighted by Crippen LogP contribution is -2.47. The Morgan fingerprint density at radius 3 is 2.93 bits per heavy atom. The van der Waals surface area contributed by atoms with Crippen LogP contribution in [0.3, 0.4) is 0 Å². The van der Waals surface area contributed by atoms with Crippen LogP contribution in [0.2, 0.25) is 0 Å². The Bertz CT molecular complexity index is 241. The third-order valence-electron chi connectivity index (χ3n) is 3.37. The van der Waals surface area contributed by atoms with E-state index in [1.165, 1.54) is 0 Å². The minimum absolute atomic E-state index is 0.00810. The van der Waals surface area contributed by atoms with Gasteiger partial charge in [0.1, 0.15) is 0 Å². The molecule has 2 aliphatic heterocycles. The van der Waals surface area contributed by atoms with Crippen molar-refractivity contribution < 1.29 is 9.53 Å². The van der Waals surface area contributed by atoms with Gasteiger partial charge < -0.3 is 15.0 Å². The first-order chi connectivity index (χ1) is 7.22. The number of rotatable bonds is 3. The van der Waals surface area contributed by atoms with Crippen LogP contribution >= 0.6 is 0 Å². The number of epoxide rings is 1. The Morgan fingerprint density at radius 1 is 1.60 bits per heavy atom. The Labute approximate surface area is 91.0 Å². The first kappa shape index (κ1) is 10.9. The van der Waals surface area contributed by atoms with Crippen molar-refractivity contribution in [2.75, 3.05) is 26.7 Å². The van der Waals surface area contributed by atoms with Gasteiger partial charge in [-0.3, -0.25) is 4.79 Å². The number of hydrogen-bond acceptors (Lipinski definition) is 3.